The Bertz CT molecular complexity index is 1070. The molecule has 0 unspecified atom stereocenters. The van der Waals surface area contributed by atoms with Gasteiger partial charge in [-0.3, -0.25) is 14.6 Å². The second kappa shape index (κ2) is 11.0. The lowest BCUT2D eigenvalue weighted by atomic mass is 10.2. The van der Waals surface area contributed by atoms with E-state index in [1.807, 2.05) is 19.1 Å². The number of thiazole rings is 1. The number of carbonyl (C=O) groups excluding carboxylic acids is 1. The number of ether oxygens (including phenoxy) is 2. The summed E-state index contributed by atoms with van der Waals surface area (Å²) in [5.41, 5.74) is 2.13. The largest absolute Gasteiger partial charge is 0.494 e. The Morgan fingerprint density at radius 2 is 2.06 bits per heavy atom. The summed E-state index contributed by atoms with van der Waals surface area (Å²) >= 11 is 1.46. The summed E-state index contributed by atoms with van der Waals surface area (Å²) in [6, 6.07) is 9.68. The van der Waals surface area contributed by atoms with E-state index in [9.17, 15) is 9.18 Å². The smallest absolute Gasteiger partial charge is 0.260 e. The number of halogens is 2. The zero-order valence-corrected chi connectivity index (χ0v) is 19.8. The van der Waals surface area contributed by atoms with Crippen LogP contribution in [-0.4, -0.2) is 62.3 Å². The van der Waals surface area contributed by atoms with Crippen LogP contribution in [0.25, 0.3) is 10.2 Å². The molecular weight excluding hydrogens is 453 g/mol. The lowest BCUT2D eigenvalue weighted by molar-refractivity contribution is 0.0376. The summed E-state index contributed by atoms with van der Waals surface area (Å²) < 4.78 is 25.7. The van der Waals surface area contributed by atoms with E-state index in [0.29, 0.717) is 23.0 Å². The molecule has 0 aliphatic carbocycles. The number of nitrogens with zero attached hydrogens (tertiary/aromatic N) is 3. The van der Waals surface area contributed by atoms with Crippen molar-refractivity contribution >= 4 is 45.0 Å². The Labute approximate surface area is 197 Å². The number of morpholine rings is 1. The van der Waals surface area contributed by atoms with Crippen molar-refractivity contribution in [1.29, 1.82) is 0 Å². The van der Waals surface area contributed by atoms with Gasteiger partial charge in [0.15, 0.2) is 5.13 Å². The number of amides is 1. The first-order chi connectivity index (χ1) is 15.1. The monoisotopic (exact) mass is 479 g/mol. The van der Waals surface area contributed by atoms with Crippen LogP contribution in [0.3, 0.4) is 0 Å². The molecule has 4 rings (SSSR count). The number of hydrogen-bond acceptors (Lipinski definition) is 6. The van der Waals surface area contributed by atoms with Crippen molar-refractivity contribution in [3.8, 4) is 5.75 Å². The maximum Gasteiger partial charge on any atom is 0.260 e. The fourth-order valence-electron chi connectivity index (χ4n) is 3.72. The summed E-state index contributed by atoms with van der Waals surface area (Å²) in [6.07, 6.45) is 0.785. The minimum atomic E-state index is -0.430. The van der Waals surface area contributed by atoms with E-state index >= 15 is 0 Å². The van der Waals surface area contributed by atoms with E-state index in [1.54, 1.807) is 24.1 Å². The van der Waals surface area contributed by atoms with Gasteiger partial charge in [-0.25, -0.2) is 9.37 Å². The highest BCUT2D eigenvalue weighted by atomic mass is 35.5. The maximum atomic E-state index is 13.8. The highest BCUT2D eigenvalue weighted by molar-refractivity contribution is 7.22. The molecule has 9 heteroatoms. The molecule has 3 aromatic rings. The first-order valence-electron chi connectivity index (χ1n) is 10.4. The van der Waals surface area contributed by atoms with Gasteiger partial charge < -0.3 is 9.47 Å². The van der Waals surface area contributed by atoms with Crippen LogP contribution in [0.5, 0.6) is 5.75 Å². The third kappa shape index (κ3) is 5.38. The zero-order chi connectivity index (χ0) is 21.8. The third-order valence-electron chi connectivity index (χ3n) is 5.42. The maximum absolute atomic E-state index is 13.8. The van der Waals surface area contributed by atoms with Crippen molar-refractivity contribution in [1.82, 2.24) is 9.88 Å². The van der Waals surface area contributed by atoms with Crippen molar-refractivity contribution in [2.75, 3.05) is 51.4 Å². The average molecular weight is 480 g/mol. The first kappa shape index (κ1) is 24.4. The van der Waals surface area contributed by atoms with Gasteiger partial charge in [0.05, 0.1) is 25.0 Å². The van der Waals surface area contributed by atoms with Gasteiger partial charge in [-0.1, -0.05) is 23.5 Å². The normalized spacial score (nSPS) is 14.2. The van der Waals surface area contributed by atoms with E-state index in [4.69, 9.17) is 14.5 Å². The van der Waals surface area contributed by atoms with Crippen molar-refractivity contribution in [2.24, 2.45) is 0 Å². The molecule has 1 aromatic heterocycles. The van der Waals surface area contributed by atoms with Crippen LogP contribution in [0.4, 0.5) is 9.52 Å². The predicted molar refractivity (Wildman–Crippen MR) is 128 cm³/mol. The number of anilines is 1. The molecule has 0 atom stereocenters. The molecule has 1 fully saturated rings. The molecule has 0 spiro atoms. The fourth-order valence-corrected chi connectivity index (χ4v) is 4.79. The van der Waals surface area contributed by atoms with Crippen molar-refractivity contribution < 1.29 is 18.7 Å². The van der Waals surface area contributed by atoms with E-state index < -0.39 is 5.82 Å². The number of rotatable bonds is 7. The summed E-state index contributed by atoms with van der Waals surface area (Å²) in [5.74, 6) is -0.00680. The number of hydrogen-bond donors (Lipinski definition) is 0. The second-order valence-electron chi connectivity index (χ2n) is 7.53. The molecule has 172 valence electrons. The highest BCUT2D eigenvalue weighted by Crippen LogP contribution is 2.37. The van der Waals surface area contributed by atoms with Gasteiger partial charge in [-0.2, -0.15) is 0 Å². The van der Waals surface area contributed by atoms with Crippen molar-refractivity contribution in [3.63, 3.8) is 0 Å². The summed E-state index contributed by atoms with van der Waals surface area (Å²) in [7, 11) is 1.61. The van der Waals surface area contributed by atoms with Gasteiger partial charge in [0.1, 0.15) is 17.1 Å². The van der Waals surface area contributed by atoms with E-state index in [0.717, 1.165) is 55.0 Å². The van der Waals surface area contributed by atoms with Gasteiger partial charge >= 0.3 is 0 Å². The number of aryl methyl sites for hydroxylation is 1. The van der Waals surface area contributed by atoms with Crippen LogP contribution in [0.15, 0.2) is 36.4 Å². The molecule has 0 N–H and O–H groups in total. The average Bonchev–Trinajstić information content (AvgIpc) is 3.23. The van der Waals surface area contributed by atoms with Gasteiger partial charge in [-0.05, 0) is 43.2 Å². The SMILES string of the molecule is COc1ccc(C)c2sc(N(CCCN3CCOCC3)C(=O)c3cccc(F)c3)nc12.Cl. The second-order valence-corrected chi connectivity index (χ2v) is 8.51. The molecular formula is C23H27ClFN3O3S. The standard InChI is InChI=1S/C23H26FN3O3S.ClH/c1-16-7-8-19(29-2)20-21(16)31-23(25-20)27(10-4-9-26-11-13-30-14-12-26)22(28)17-5-3-6-18(24)15-17;/h3,5-8,15H,4,9-14H2,1-2H3;1H. The molecule has 0 saturated carbocycles. The Balaban J connectivity index is 0.00000289. The lowest BCUT2D eigenvalue weighted by Crippen LogP contribution is -2.39. The first-order valence-corrected chi connectivity index (χ1v) is 11.2. The molecule has 2 heterocycles. The Hall–Kier alpha value is -2.26. The molecule has 2 aromatic carbocycles. The van der Waals surface area contributed by atoms with E-state index in [2.05, 4.69) is 4.90 Å². The molecule has 0 bridgehead atoms. The van der Waals surface area contributed by atoms with Crippen molar-refractivity contribution in [3.05, 3.63) is 53.3 Å². The Kier molecular flexibility index (Phi) is 8.42. The number of methoxy groups -OCH3 is 1. The van der Waals surface area contributed by atoms with Gasteiger partial charge in [0, 0.05) is 31.7 Å². The molecule has 0 radical (unpaired) electrons. The van der Waals surface area contributed by atoms with Crippen LogP contribution in [0.1, 0.15) is 22.3 Å². The summed E-state index contributed by atoms with van der Waals surface area (Å²) in [4.78, 5) is 22.1. The topological polar surface area (TPSA) is 54.9 Å². The molecule has 1 saturated heterocycles. The van der Waals surface area contributed by atoms with Crippen LogP contribution in [-0.2, 0) is 4.74 Å². The number of aromatic nitrogens is 1. The molecule has 6 nitrogen and oxygen atoms in total. The quantitative estimate of drug-likeness (QED) is 0.498. The fraction of sp³-hybridized carbons (Fsp3) is 0.391. The lowest BCUT2D eigenvalue weighted by Gasteiger charge is -2.27. The molecule has 1 amide bonds. The Morgan fingerprint density at radius 1 is 1.28 bits per heavy atom. The van der Waals surface area contributed by atoms with Crippen LogP contribution >= 0.6 is 23.7 Å². The van der Waals surface area contributed by atoms with Gasteiger partial charge in [0.2, 0.25) is 0 Å². The minimum absolute atomic E-state index is 0. The summed E-state index contributed by atoms with van der Waals surface area (Å²) in [6.45, 7) is 6.65. The number of fused-ring (bicyclic) bond motifs is 1. The molecule has 1 aliphatic heterocycles. The number of benzene rings is 2. The van der Waals surface area contributed by atoms with Crippen LogP contribution < -0.4 is 9.64 Å². The van der Waals surface area contributed by atoms with Gasteiger partial charge in [-0.15, -0.1) is 12.4 Å². The zero-order valence-electron chi connectivity index (χ0n) is 18.2. The van der Waals surface area contributed by atoms with Crippen LogP contribution in [0, 0.1) is 12.7 Å². The van der Waals surface area contributed by atoms with Gasteiger partial charge in [0.25, 0.3) is 5.91 Å². The predicted octanol–water partition coefficient (Wildman–Crippen LogP) is 4.54. The third-order valence-corrected chi connectivity index (χ3v) is 6.63. The Morgan fingerprint density at radius 3 is 2.78 bits per heavy atom. The summed E-state index contributed by atoms with van der Waals surface area (Å²) in [5, 5.41) is 0.596. The number of carbonyl (C=O) groups is 1. The molecule has 1 aliphatic rings. The minimum Gasteiger partial charge on any atom is -0.494 e. The highest BCUT2D eigenvalue weighted by Gasteiger charge is 2.23. The van der Waals surface area contributed by atoms with E-state index in [-0.39, 0.29) is 18.3 Å². The van der Waals surface area contributed by atoms with Crippen molar-refractivity contribution in [2.45, 2.75) is 13.3 Å². The van der Waals surface area contributed by atoms with E-state index in [1.165, 1.54) is 23.5 Å². The van der Waals surface area contributed by atoms with Crippen LogP contribution in [0.2, 0.25) is 0 Å². The molecule has 32 heavy (non-hydrogen) atoms.